The second-order valence-corrected chi connectivity index (χ2v) is 8.27. The lowest BCUT2D eigenvalue weighted by molar-refractivity contribution is 0.647. The summed E-state index contributed by atoms with van der Waals surface area (Å²) in [5.74, 6) is 1.11. The van der Waals surface area contributed by atoms with E-state index in [4.69, 9.17) is 4.98 Å². The summed E-state index contributed by atoms with van der Waals surface area (Å²) in [5.41, 5.74) is 6.51. The third-order valence-corrected chi connectivity index (χ3v) is 6.29. The van der Waals surface area contributed by atoms with E-state index in [1.165, 1.54) is 32.7 Å². The molecule has 0 N–H and O–H groups in total. The molecule has 0 radical (unpaired) electrons. The standard InChI is InChI=1S/C23H27N3S/c1-16-8-9-17(2)20(14-16)25-10-12-26(13-11-25)22-15-18(3)19-6-5-7-21(27-4)23(19)24-22/h5-9,14-15H,10-13H2,1-4H3. The van der Waals surface area contributed by atoms with Crippen molar-refractivity contribution in [1.29, 1.82) is 0 Å². The van der Waals surface area contributed by atoms with Gasteiger partial charge in [-0.15, -0.1) is 11.8 Å². The molecule has 4 rings (SSSR count). The molecule has 27 heavy (non-hydrogen) atoms. The van der Waals surface area contributed by atoms with Crippen molar-refractivity contribution in [2.75, 3.05) is 42.2 Å². The van der Waals surface area contributed by atoms with Gasteiger partial charge in [0.2, 0.25) is 0 Å². The van der Waals surface area contributed by atoms with Crippen LogP contribution in [0, 0.1) is 20.8 Å². The molecular formula is C23H27N3S. The van der Waals surface area contributed by atoms with E-state index < -0.39 is 0 Å². The number of para-hydroxylation sites is 1. The minimum absolute atomic E-state index is 1.01. The summed E-state index contributed by atoms with van der Waals surface area (Å²) in [6.45, 7) is 10.7. The van der Waals surface area contributed by atoms with Gasteiger partial charge in [-0.3, -0.25) is 0 Å². The normalized spacial score (nSPS) is 14.8. The van der Waals surface area contributed by atoms with Crippen LogP contribution in [0.1, 0.15) is 16.7 Å². The molecule has 0 atom stereocenters. The zero-order chi connectivity index (χ0) is 19.0. The van der Waals surface area contributed by atoms with Crippen LogP contribution in [0.2, 0.25) is 0 Å². The van der Waals surface area contributed by atoms with Gasteiger partial charge in [-0.25, -0.2) is 4.98 Å². The predicted octanol–water partition coefficient (Wildman–Crippen LogP) is 5.21. The summed E-state index contributed by atoms with van der Waals surface area (Å²) in [4.78, 5) is 11.3. The largest absolute Gasteiger partial charge is 0.368 e. The fourth-order valence-electron chi connectivity index (χ4n) is 3.94. The predicted molar refractivity (Wildman–Crippen MR) is 119 cm³/mol. The van der Waals surface area contributed by atoms with E-state index in [1.807, 2.05) is 0 Å². The lowest BCUT2D eigenvalue weighted by Gasteiger charge is -2.37. The third-order valence-electron chi connectivity index (χ3n) is 5.52. The second kappa shape index (κ2) is 7.43. The number of thioether (sulfide) groups is 1. The van der Waals surface area contributed by atoms with Gasteiger partial charge in [0.05, 0.1) is 5.52 Å². The summed E-state index contributed by atoms with van der Waals surface area (Å²) < 4.78 is 0. The van der Waals surface area contributed by atoms with Gasteiger partial charge in [0.25, 0.3) is 0 Å². The molecule has 4 heteroatoms. The quantitative estimate of drug-likeness (QED) is 0.584. The van der Waals surface area contributed by atoms with Crippen LogP contribution in [-0.4, -0.2) is 37.4 Å². The Bertz CT molecular complexity index is 975. The molecule has 1 fully saturated rings. The maximum Gasteiger partial charge on any atom is 0.129 e. The summed E-state index contributed by atoms with van der Waals surface area (Å²) in [5, 5.41) is 1.26. The Morgan fingerprint density at radius 1 is 0.852 bits per heavy atom. The molecule has 2 aromatic carbocycles. The Morgan fingerprint density at radius 3 is 2.33 bits per heavy atom. The third kappa shape index (κ3) is 3.51. The highest BCUT2D eigenvalue weighted by atomic mass is 32.2. The van der Waals surface area contributed by atoms with Crippen LogP contribution in [-0.2, 0) is 0 Å². The fourth-order valence-corrected chi connectivity index (χ4v) is 4.50. The van der Waals surface area contributed by atoms with Gasteiger partial charge in [0.15, 0.2) is 0 Å². The highest BCUT2D eigenvalue weighted by Gasteiger charge is 2.20. The van der Waals surface area contributed by atoms with E-state index in [0.717, 1.165) is 37.5 Å². The van der Waals surface area contributed by atoms with E-state index in [2.05, 4.69) is 79.3 Å². The summed E-state index contributed by atoms with van der Waals surface area (Å²) in [6.07, 6.45) is 2.13. The molecule has 0 amide bonds. The molecule has 0 aliphatic carbocycles. The molecule has 3 aromatic rings. The Labute approximate surface area is 166 Å². The van der Waals surface area contributed by atoms with Crippen molar-refractivity contribution in [3.05, 3.63) is 59.2 Å². The van der Waals surface area contributed by atoms with Crippen LogP contribution in [0.4, 0.5) is 11.5 Å². The molecule has 0 unspecified atom stereocenters. The van der Waals surface area contributed by atoms with Gasteiger partial charge in [-0.2, -0.15) is 0 Å². The smallest absolute Gasteiger partial charge is 0.129 e. The van der Waals surface area contributed by atoms with Crippen molar-refractivity contribution in [3.8, 4) is 0 Å². The zero-order valence-electron chi connectivity index (χ0n) is 16.6. The van der Waals surface area contributed by atoms with Crippen LogP contribution in [0.15, 0.2) is 47.4 Å². The molecular weight excluding hydrogens is 350 g/mol. The first-order valence-corrected chi connectivity index (χ1v) is 10.8. The first-order valence-electron chi connectivity index (χ1n) is 9.58. The maximum atomic E-state index is 5.05. The molecule has 1 aliphatic rings. The number of hydrogen-bond donors (Lipinski definition) is 0. The number of anilines is 2. The number of fused-ring (bicyclic) bond motifs is 1. The number of benzene rings is 2. The monoisotopic (exact) mass is 377 g/mol. The molecule has 140 valence electrons. The molecule has 1 aromatic heterocycles. The minimum Gasteiger partial charge on any atom is -0.368 e. The highest BCUT2D eigenvalue weighted by molar-refractivity contribution is 7.98. The topological polar surface area (TPSA) is 19.4 Å². The minimum atomic E-state index is 1.01. The van der Waals surface area contributed by atoms with E-state index >= 15 is 0 Å². The molecule has 3 nitrogen and oxygen atoms in total. The Hall–Kier alpha value is -2.20. The van der Waals surface area contributed by atoms with Gasteiger partial charge in [-0.1, -0.05) is 24.3 Å². The molecule has 0 saturated carbocycles. The van der Waals surface area contributed by atoms with Crippen LogP contribution in [0.5, 0.6) is 0 Å². The molecule has 2 heterocycles. The second-order valence-electron chi connectivity index (χ2n) is 7.42. The highest BCUT2D eigenvalue weighted by Crippen LogP contribution is 2.30. The van der Waals surface area contributed by atoms with Gasteiger partial charge in [0.1, 0.15) is 5.82 Å². The summed E-state index contributed by atoms with van der Waals surface area (Å²) in [7, 11) is 0. The van der Waals surface area contributed by atoms with Crippen molar-refractivity contribution < 1.29 is 0 Å². The van der Waals surface area contributed by atoms with Crippen molar-refractivity contribution >= 4 is 34.2 Å². The zero-order valence-corrected chi connectivity index (χ0v) is 17.4. The van der Waals surface area contributed by atoms with Crippen LogP contribution in [0.3, 0.4) is 0 Å². The Balaban J connectivity index is 1.59. The van der Waals surface area contributed by atoms with Gasteiger partial charge < -0.3 is 9.80 Å². The van der Waals surface area contributed by atoms with E-state index in [0.29, 0.717) is 0 Å². The van der Waals surface area contributed by atoms with Gasteiger partial charge >= 0.3 is 0 Å². The van der Waals surface area contributed by atoms with Crippen LogP contribution in [0.25, 0.3) is 10.9 Å². The average Bonchev–Trinajstić information content (AvgIpc) is 2.69. The number of hydrogen-bond acceptors (Lipinski definition) is 4. The van der Waals surface area contributed by atoms with Crippen molar-refractivity contribution in [3.63, 3.8) is 0 Å². The summed E-state index contributed by atoms with van der Waals surface area (Å²) >= 11 is 1.77. The van der Waals surface area contributed by atoms with E-state index in [9.17, 15) is 0 Å². The average molecular weight is 378 g/mol. The number of rotatable bonds is 3. The van der Waals surface area contributed by atoms with Crippen molar-refractivity contribution in [2.45, 2.75) is 25.7 Å². The molecule has 1 aliphatic heterocycles. The number of pyridine rings is 1. The first kappa shape index (κ1) is 18.2. The molecule has 0 bridgehead atoms. The Kier molecular flexibility index (Phi) is 5.00. The number of nitrogens with zero attached hydrogens (tertiary/aromatic N) is 3. The maximum absolute atomic E-state index is 5.05. The van der Waals surface area contributed by atoms with Crippen molar-refractivity contribution in [2.24, 2.45) is 0 Å². The lowest BCUT2D eigenvalue weighted by Crippen LogP contribution is -2.47. The van der Waals surface area contributed by atoms with E-state index in [1.54, 1.807) is 11.8 Å². The Morgan fingerprint density at radius 2 is 1.59 bits per heavy atom. The van der Waals surface area contributed by atoms with Crippen LogP contribution >= 0.6 is 11.8 Å². The fraction of sp³-hybridized carbons (Fsp3) is 0.348. The lowest BCUT2D eigenvalue weighted by atomic mass is 10.1. The number of piperazine rings is 1. The number of aryl methyl sites for hydroxylation is 3. The SMILES string of the molecule is CSc1cccc2c(C)cc(N3CCN(c4cc(C)ccc4C)CC3)nc12. The van der Waals surface area contributed by atoms with Gasteiger partial charge in [-0.05, 0) is 61.9 Å². The first-order chi connectivity index (χ1) is 13.1. The molecule has 1 saturated heterocycles. The molecule has 0 spiro atoms. The van der Waals surface area contributed by atoms with Crippen LogP contribution < -0.4 is 9.80 Å². The van der Waals surface area contributed by atoms with Gasteiger partial charge in [0, 0.05) is 42.1 Å². The summed E-state index contributed by atoms with van der Waals surface area (Å²) in [6, 6.07) is 15.5. The van der Waals surface area contributed by atoms with E-state index in [-0.39, 0.29) is 0 Å². The number of aromatic nitrogens is 1. The van der Waals surface area contributed by atoms with Crippen molar-refractivity contribution in [1.82, 2.24) is 4.98 Å².